The first kappa shape index (κ1) is 14.2. The number of aromatic hydroxyl groups is 2. The average molecular weight is 270 g/mol. The molecule has 0 saturated carbocycles. The fourth-order valence-corrected chi connectivity index (χ4v) is 1.91. The van der Waals surface area contributed by atoms with Crippen LogP contribution >= 0.6 is 0 Å². The highest BCUT2D eigenvalue weighted by atomic mass is 16.3. The van der Waals surface area contributed by atoms with Crippen LogP contribution in [0.15, 0.2) is 42.5 Å². The summed E-state index contributed by atoms with van der Waals surface area (Å²) in [5.74, 6) is 0.0593. The zero-order valence-electron chi connectivity index (χ0n) is 11.5. The Kier molecular flexibility index (Phi) is 3.81. The molecule has 0 radical (unpaired) electrons. The Balaban J connectivity index is 2.19. The topological polar surface area (TPSA) is 60.7 Å². The smallest absolute Gasteiger partial charge is 0.119 e. The van der Waals surface area contributed by atoms with Crippen LogP contribution in [-0.2, 0) is 5.60 Å². The van der Waals surface area contributed by atoms with Crippen molar-refractivity contribution in [2.45, 2.75) is 19.4 Å². The minimum atomic E-state index is -0.848. The van der Waals surface area contributed by atoms with Gasteiger partial charge in [-0.15, -0.1) is 0 Å². The minimum Gasteiger partial charge on any atom is -0.508 e. The number of rotatable bonds is 3. The maximum atomic E-state index is 9.88. The van der Waals surface area contributed by atoms with Crippen LogP contribution < -0.4 is 0 Å². The molecule has 0 aliphatic rings. The SMILES string of the molecule is CC(C)(O)c1ccc(/C=C/c2cc(O)cc(O)c2)cc1. The van der Waals surface area contributed by atoms with Crippen molar-refractivity contribution < 1.29 is 15.3 Å². The fraction of sp³-hybridized carbons (Fsp3) is 0.176. The highest BCUT2D eigenvalue weighted by Gasteiger charge is 2.14. The average Bonchev–Trinajstić information content (AvgIpc) is 2.35. The zero-order chi connectivity index (χ0) is 14.8. The van der Waals surface area contributed by atoms with Crippen molar-refractivity contribution in [1.82, 2.24) is 0 Å². The monoisotopic (exact) mass is 270 g/mol. The van der Waals surface area contributed by atoms with E-state index < -0.39 is 5.60 Å². The number of benzene rings is 2. The third-order valence-corrected chi connectivity index (χ3v) is 3.01. The lowest BCUT2D eigenvalue weighted by Gasteiger charge is -2.17. The second kappa shape index (κ2) is 5.39. The Labute approximate surface area is 118 Å². The first-order valence-corrected chi connectivity index (χ1v) is 6.38. The van der Waals surface area contributed by atoms with Crippen LogP contribution in [0.4, 0.5) is 0 Å². The van der Waals surface area contributed by atoms with Gasteiger partial charge in [0.05, 0.1) is 5.60 Å². The van der Waals surface area contributed by atoms with Gasteiger partial charge < -0.3 is 15.3 Å². The Morgan fingerprint density at radius 2 is 1.30 bits per heavy atom. The van der Waals surface area contributed by atoms with Gasteiger partial charge in [-0.2, -0.15) is 0 Å². The Hall–Kier alpha value is -2.26. The van der Waals surface area contributed by atoms with Crippen molar-refractivity contribution in [2.75, 3.05) is 0 Å². The molecule has 0 spiro atoms. The molecule has 0 atom stereocenters. The molecule has 2 aromatic carbocycles. The molecule has 2 aromatic rings. The molecular weight excluding hydrogens is 252 g/mol. The van der Waals surface area contributed by atoms with E-state index in [1.165, 1.54) is 6.07 Å². The molecule has 2 rings (SSSR count). The van der Waals surface area contributed by atoms with E-state index in [1.54, 1.807) is 32.1 Å². The van der Waals surface area contributed by atoms with Crippen molar-refractivity contribution in [1.29, 1.82) is 0 Å². The molecule has 0 bridgehead atoms. The maximum absolute atomic E-state index is 9.88. The number of phenolic OH excluding ortho intramolecular Hbond substituents is 2. The van der Waals surface area contributed by atoms with Crippen molar-refractivity contribution >= 4 is 12.2 Å². The zero-order valence-corrected chi connectivity index (χ0v) is 11.5. The van der Waals surface area contributed by atoms with E-state index in [1.807, 2.05) is 30.3 Å². The molecular formula is C17H18O3. The first-order valence-electron chi connectivity index (χ1n) is 6.38. The Morgan fingerprint density at radius 1 is 0.800 bits per heavy atom. The predicted octanol–water partition coefficient (Wildman–Crippen LogP) is 3.50. The molecule has 0 aliphatic heterocycles. The van der Waals surface area contributed by atoms with Gasteiger partial charge in [0.25, 0.3) is 0 Å². The molecule has 3 heteroatoms. The summed E-state index contributed by atoms with van der Waals surface area (Å²) < 4.78 is 0. The van der Waals surface area contributed by atoms with E-state index in [0.29, 0.717) is 5.56 Å². The first-order chi connectivity index (χ1) is 9.34. The summed E-state index contributed by atoms with van der Waals surface area (Å²) in [7, 11) is 0. The third-order valence-electron chi connectivity index (χ3n) is 3.01. The maximum Gasteiger partial charge on any atom is 0.119 e. The van der Waals surface area contributed by atoms with Crippen LogP contribution in [0.1, 0.15) is 30.5 Å². The van der Waals surface area contributed by atoms with E-state index in [4.69, 9.17) is 0 Å². The molecule has 0 amide bonds. The van der Waals surface area contributed by atoms with Crippen LogP contribution in [0.3, 0.4) is 0 Å². The van der Waals surface area contributed by atoms with Gasteiger partial charge in [-0.05, 0) is 42.7 Å². The van der Waals surface area contributed by atoms with Gasteiger partial charge >= 0.3 is 0 Å². The summed E-state index contributed by atoms with van der Waals surface area (Å²) >= 11 is 0. The van der Waals surface area contributed by atoms with Gasteiger partial charge in [-0.1, -0.05) is 36.4 Å². The van der Waals surface area contributed by atoms with E-state index in [9.17, 15) is 15.3 Å². The van der Waals surface area contributed by atoms with Gasteiger partial charge in [-0.25, -0.2) is 0 Å². The number of hydrogen-bond acceptors (Lipinski definition) is 3. The van der Waals surface area contributed by atoms with Gasteiger partial charge in [-0.3, -0.25) is 0 Å². The molecule has 0 unspecified atom stereocenters. The van der Waals surface area contributed by atoms with Crippen LogP contribution in [0.2, 0.25) is 0 Å². The lowest BCUT2D eigenvalue weighted by Crippen LogP contribution is -2.14. The van der Waals surface area contributed by atoms with Crippen LogP contribution in [0, 0.1) is 0 Å². The lowest BCUT2D eigenvalue weighted by atomic mass is 9.97. The van der Waals surface area contributed by atoms with Crippen molar-refractivity contribution in [2.24, 2.45) is 0 Å². The molecule has 20 heavy (non-hydrogen) atoms. The third kappa shape index (κ3) is 3.62. The summed E-state index contributed by atoms with van der Waals surface area (Å²) in [5, 5.41) is 28.7. The van der Waals surface area contributed by atoms with Crippen LogP contribution in [0.5, 0.6) is 11.5 Å². The van der Waals surface area contributed by atoms with Gasteiger partial charge in [0, 0.05) is 6.07 Å². The second-order valence-electron chi connectivity index (χ2n) is 5.30. The van der Waals surface area contributed by atoms with E-state index >= 15 is 0 Å². The molecule has 0 aliphatic carbocycles. The number of hydrogen-bond donors (Lipinski definition) is 3. The Bertz CT molecular complexity index is 599. The van der Waals surface area contributed by atoms with E-state index in [0.717, 1.165) is 11.1 Å². The molecule has 3 N–H and O–H groups in total. The predicted molar refractivity (Wildman–Crippen MR) is 80.4 cm³/mol. The second-order valence-corrected chi connectivity index (χ2v) is 5.30. The summed E-state index contributed by atoms with van der Waals surface area (Å²) in [5.41, 5.74) is 1.69. The van der Waals surface area contributed by atoms with Crippen LogP contribution in [0.25, 0.3) is 12.2 Å². The fourth-order valence-electron chi connectivity index (χ4n) is 1.91. The minimum absolute atomic E-state index is 0.0297. The Morgan fingerprint density at radius 3 is 1.80 bits per heavy atom. The highest BCUT2D eigenvalue weighted by molar-refractivity contribution is 5.71. The van der Waals surface area contributed by atoms with Crippen molar-refractivity contribution in [3.05, 3.63) is 59.2 Å². The standard InChI is InChI=1S/C17H18O3/c1-17(2,20)14-7-5-12(6-8-14)3-4-13-9-15(18)11-16(19)10-13/h3-11,18-20H,1-2H3/b4-3+. The van der Waals surface area contributed by atoms with Gasteiger partial charge in [0.2, 0.25) is 0 Å². The number of aliphatic hydroxyl groups is 1. The largest absolute Gasteiger partial charge is 0.508 e. The van der Waals surface area contributed by atoms with E-state index in [-0.39, 0.29) is 11.5 Å². The molecule has 0 aromatic heterocycles. The lowest BCUT2D eigenvalue weighted by molar-refractivity contribution is 0.0786. The quantitative estimate of drug-likeness (QED) is 0.748. The van der Waals surface area contributed by atoms with E-state index in [2.05, 4.69) is 0 Å². The highest BCUT2D eigenvalue weighted by Crippen LogP contribution is 2.23. The number of phenols is 2. The normalized spacial score (nSPS) is 11.9. The summed E-state index contributed by atoms with van der Waals surface area (Å²) in [6, 6.07) is 12.0. The van der Waals surface area contributed by atoms with Crippen molar-refractivity contribution in [3.8, 4) is 11.5 Å². The summed E-state index contributed by atoms with van der Waals surface area (Å²) in [6.45, 7) is 3.49. The molecule has 0 heterocycles. The molecule has 3 nitrogen and oxygen atoms in total. The summed E-state index contributed by atoms with van der Waals surface area (Å²) in [4.78, 5) is 0. The van der Waals surface area contributed by atoms with Gasteiger partial charge in [0.1, 0.15) is 11.5 Å². The molecule has 0 saturated heterocycles. The molecule has 104 valence electrons. The molecule has 0 fully saturated rings. The van der Waals surface area contributed by atoms with Crippen molar-refractivity contribution in [3.63, 3.8) is 0 Å². The van der Waals surface area contributed by atoms with Crippen LogP contribution in [-0.4, -0.2) is 15.3 Å². The summed E-state index contributed by atoms with van der Waals surface area (Å²) in [6.07, 6.45) is 3.68. The van der Waals surface area contributed by atoms with Gasteiger partial charge in [0.15, 0.2) is 0 Å².